The second-order valence-corrected chi connectivity index (χ2v) is 10.8. The summed E-state index contributed by atoms with van der Waals surface area (Å²) in [4.78, 5) is 24.9. The lowest BCUT2D eigenvalue weighted by Gasteiger charge is -2.38. The summed E-state index contributed by atoms with van der Waals surface area (Å²) in [5, 5.41) is 0. The largest absolute Gasteiger partial charge is 0.497 e. The Morgan fingerprint density at radius 1 is 0.769 bits per heavy atom. The highest BCUT2D eigenvalue weighted by Crippen LogP contribution is 2.45. The van der Waals surface area contributed by atoms with Gasteiger partial charge in [-0.1, -0.05) is 62.6 Å². The molecule has 1 aliphatic carbocycles. The first-order valence-corrected chi connectivity index (χ1v) is 13.7. The average molecular weight is 527 g/mol. The Morgan fingerprint density at radius 3 is 1.79 bits per heavy atom. The van der Waals surface area contributed by atoms with E-state index in [-0.39, 0.29) is 11.4 Å². The van der Waals surface area contributed by atoms with Crippen molar-refractivity contribution in [2.45, 2.75) is 64.7 Å². The van der Waals surface area contributed by atoms with Crippen molar-refractivity contribution in [3.63, 3.8) is 0 Å². The van der Waals surface area contributed by atoms with Gasteiger partial charge in [-0.3, -0.25) is 4.79 Å². The maximum Gasteiger partial charge on any atom is 0.336 e. The van der Waals surface area contributed by atoms with Crippen molar-refractivity contribution in [3.05, 3.63) is 95.6 Å². The highest BCUT2D eigenvalue weighted by atomic mass is 16.5. The molecule has 0 heterocycles. The van der Waals surface area contributed by atoms with Crippen LogP contribution in [-0.4, -0.2) is 19.0 Å². The van der Waals surface area contributed by atoms with Crippen LogP contribution in [0.2, 0.25) is 0 Å². The van der Waals surface area contributed by atoms with Crippen LogP contribution < -0.4 is 14.2 Å². The predicted octanol–water partition coefficient (Wildman–Crippen LogP) is 7.91. The monoisotopic (exact) mass is 526 g/mol. The topological polar surface area (TPSA) is 61.8 Å². The maximum atomic E-state index is 12.5. The molecule has 0 atom stereocenters. The molecule has 4 rings (SSSR count). The van der Waals surface area contributed by atoms with Gasteiger partial charge in [0.1, 0.15) is 17.2 Å². The van der Waals surface area contributed by atoms with Crippen LogP contribution in [0.5, 0.6) is 17.2 Å². The Kier molecular flexibility index (Phi) is 8.90. The van der Waals surface area contributed by atoms with Gasteiger partial charge >= 0.3 is 11.9 Å². The molecular weight excluding hydrogens is 488 g/mol. The van der Waals surface area contributed by atoms with Crippen LogP contribution in [0.4, 0.5) is 0 Å². The molecule has 0 bridgehead atoms. The maximum absolute atomic E-state index is 12.5. The molecule has 1 saturated carbocycles. The fourth-order valence-corrected chi connectivity index (χ4v) is 5.00. The van der Waals surface area contributed by atoms with Gasteiger partial charge in [0, 0.05) is 11.5 Å². The van der Waals surface area contributed by atoms with Gasteiger partial charge in [-0.15, -0.1) is 0 Å². The first kappa shape index (κ1) is 28.2. The van der Waals surface area contributed by atoms with Gasteiger partial charge in [0.25, 0.3) is 0 Å². The van der Waals surface area contributed by atoms with E-state index < -0.39 is 11.4 Å². The standard InChI is InChI=1S/C34H38O5/c1-5-33(2,3)32(36)39-30-20-14-27(15-21-30)34(23-7-6-8-24-34)26-12-18-29(19-13-26)38-31(35)22-11-25-9-16-28(37-4)17-10-25/h9-22H,5-8,23-24H2,1-4H3/b22-11+. The van der Waals surface area contributed by atoms with Crippen molar-refractivity contribution in [2.24, 2.45) is 5.41 Å². The summed E-state index contributed by atoms with van der Waals surface area (Å²) in [6, 6.07) is 23.3. The first-order chi connectivity index (χ1) is 18.8. The third kappa shape index (κ3) is 6.78. The summed E-state index contributed by atoms with van der Waals surface area (Å²) >= 11 is 0. The number of carbonyl (C=O) groups excluding carboxylic acids is 2. The molecule has 0 aromatic heterocycles. The van der Waals surface area contributed by atoms with Crippen molar-refractivity contribution in [1.29, 1.82) is 0 Å². The zero-order valence-corrected chi connectivity index (χ0v) is 23.4. The summed E-state index contributed by atoms with van der Waals surface area (Å²) in [5.41, 5.74) is 2.66. The number of methoxy groups -OCH3 is 1. The Hall–Kier alpha value is -3.86. The molecule has 204 valence electrons. The SMILES string of the molecule is CCC(C)(C)C(=O)Oc1ccc(C2(c3ccc(OC(=O)/C=C/c4ccc(OC)cc4)cc3)CCCCC2)cc1. The zero-order chi connectivity index (χ0) is 27.9. The van der Waals surface area contributed by atoms with Crippen molar-refractivity contribution in [2.75, 3.05) is 7.11 Å². The van der Waals surface area contributed by atoms with E-state index in [0.717, 1.165) is 43.4 Å². The van der Waals surface area contributed by atoms with Gasteiger partial charge in [-0.2, -0.15) is 0 Å². The number of carbonyl (C=O) groups is 2. The molecule has 0 unspecified atom stereocenters. The van der Waals surface area contributed by atoms with Crippen molar-refractivity contribution < 1.29 is 23.8 Å². The molecule has 1 fully saturated rings. The lowest BCUT2D eigenvalue weighted by atomic mass is 9.65. The summed E-state index contributed by atoms with van der Waals surface area (Å²) in [6.45, 7) is 5.79. The number of hydrogen-bond acceptors (Lipinski definition) is 5. The molecule has 0 saturated heterocycles. The Morgan fingerprint density at radius 2 is 1.28 bits per heavy atom. The highest BCUT2D eigenvalue weighted by Gasteiger charge is 2.36. The van der Waals surface area contributed by atoms with Gasteiger partial charge in [0.05, 0.1) is 12.5 Å². The van der Waals surface area contributed by atoms with E-state index in [1.54, 1.807) is 13.2 Å². The summed E-state index contributed by atoms with van der Waals surface area (Å²) in [7, 11) is 1.62. The van der Waals surface area contributed by atoms with E-state index in [9.17, 15) is 9.59 Å². The minimum atomic E-state index is -0.514. The van der Waals surface area contributed by atoms with Gasteiger partial charge in [0.2, 0.25) is 0 Å². The van der Waals surface area contributed by atoms with Crippen molar-refractivity contribution >= 4 is 18.0 Å². The van der Waals surface area contributed by atoms with E-state index in [0.29, 0.717) is 11.5 Å². The second kappa shape index (κ2) is 12.3. The van der Waals surface area contributed by atoms with E-state index in [2.05, 4.69) is 24.3 Å². The van der Waals surface area contributed by atoms with E-state index >= 15 is 0 Å². The lowest BCUT2D eigenvalue weighted by molar-refractivity contribution is -0.144. The Labute approximate surface area is 231 Å². The fraction of sp³-hybridized carbons (Fsp3) is 0.353. The molecular formula is C34H38O5. The van der Waals surface area contributed by atoms with E-state index in [1.807, 2.05) is 69.3 Å². The van der Waals surface area contributed by atoms with Gasteiger partial charge < -0.3 is 14.2 Å². The van der Waals surface area contributed by atoms with Crippen LogP contribution in [0.1, 0.15) is 76.0 Å². The molecule has 0 radical (unpaired) electrons. The van der Waals surface area contributed by atoms with Crippen molar-refractivity contribution in [3.8, 4) is 17.2 Å². The molecule has 5 heteroatoms. The molecule has 0 aliphatic heterocycles. The van der Waals surface area contributed by atoms with E-state index in [4.69, 9.17) is 14.2 Å². The number of rotatable bonds is 9. The van der Waals surface area contributed by atoms with Crippen molar-refractivity contribution in [1.82, 2.24) is 0 Å². The van der Waals surface area contributed by atoms with E-state index in [1.165, 1.54) is 23.6 Å². The normalized spacial score (nSPS) is 15.1. The molecule has 3 aromatic carbocycles. The minimum Gasteiger partial charge on any atom is -0.497 e. The van der Waals surface area contributed by atoms with Gasteiger partial charge in [-0.25, -0.2) is 4.79 Å². The Balaban J connectivity index is 1.47. The third-order valence-corrected chi connectivity index (χ3v) is 7.91. The van der Waals surface area contributed by atoms with Crippen LogP contribution in [0.15, 0.2) is 78.9 Å². The summed E-state index contributed by atoms with van der Waals surface area (Å²) in [5.74, 6) is 1.20. The molecule has 5 nitrogen and oxygen atoms in total. The van der Waals surface area contributed by atoms with Gasteiger partial charge in [0.15, 0.2) is 0 Å². The third-order valence-electron chi connectivity index (χ3n) is 7.91. The van der Waals surface area contributed by atoms with Crippen LogP contribution in [0.3, 0.4) is 0 Å². The molecule has 3 aromatic rings. The number of benzene rings is 3. The Bertz CT molecular complexity index is 1280. The highest BCUT2D eigenvalue weighted by molar-refractivity contribution is 5.88. The lowest BCUT2D eigenvalue weighted by Crippen LogP contribution is -2.30. The first-order valence-electron chi connectivity index (χ1n) is 13.7. The average Bonchev–Trinajstić information content (AvgIpc) is 2.97. The predicted molar refractivity (Wildman–Crippen MR) is 154 cm³/mol. The molecule has 0 N–H and O–H groups in total. The second-order valence-electron chi connectivity index (χ2n) is 10.8. The van der Waals surface area contributed by atoms with Crippen LogP contribution in [0.25, 0.3) is 6.08 Å². The summed E-state index contributed by atoms with van der Waals surface area (Å²) < 4.78 is 16.4. The number of esters is 2. The molecule has 39 heavy (non-hydrogen) atoms. The molecule has 0 spiro atoms. The smallest absolute Gasteiger partial charge is 0.336 e. The zero-order valence-electron chi connectivity index (χ0n) is 23.4. The van der Waals surface area contributed by atoms with Crippen LogP contribution in [-0.2, 0) is 15.0 Å². The quantitative estimate of drug-likeness (QED) is 0.161. The van der Waals surface area contributed by atoms with Gasteiger partial charge in [-0.05, 0) is 92.3 Å². The minimum absolute atomic E-state index is 0.125. The molecule has 0 amide bonds. The summed E-state index contributed by atoms with van der Waals surface area (Å²) in [6.07, 6.45) is 9.46. The van der Waals surface area contributed by atoms with Crippen LogP contribution in [0, 0.1) is 5.41 Å². The number of hydrogen-bond donors (Lipinski definition) is 0. The number of ether oxygens (including phenoxy) is 3. The molecule has 1 aliphatic rings. The van der Waals surface area contributed by atoms with Crippen LogP contribution >= 0.6 is 0 Å². The fourth-order valence-electron chi connectivity index (χ4n) is 5.00.